The van der Waals surface area contributed by atoms with E-state index in [1.807, 2.05) is 0 Å². The molecule has 0 spiro atoms. The van der Waals surface area contributed by atoms with Gasteiger partial charge in [-0.2, -0.15) is 13.2 Å². The fourth-order valence-electron chi connectivity index (χ4n) is 0.896. The summed E-state index contributed by atoms with van der Waals surface area (Å²) in [6.07, 6.45) is -4.51. The number of halogens is 3. The summed E-state index contributed by atoms with van der Waals surface area (Å²) in [6, 6.07) is 3.63. The van der Waals surface area contributed by atoms with Crippen molar-refractivity contribution in [3.05, 3.63) is 40.6 Å². The monoisotopic (exact) mass is 243 g/mol. The Kier molecular flexibility index (Phi) is 6.00. The average molecular weight is 243 g/mol. The second-order valence-electron chi connectivity index (χ2n) is 2.51. The van der Waals surface area contributed by atoms with Gasteiger partial charge in [0, 0.05) is 5.56 Å². The van der Waals surface area contributed by atoms with E-state index in [0.29, 0.717) is 6.07 Å². The van der Waals surface area contributed by atoms with E-state index in [-0.39, 0.29) is 56.9 Å². The molecule has 0 atom stereocenters. The van der Waals surface area contributed by atoms with Gasteiger partial charge >= 0.3 is 57.6 Å². The van der Waals surface area contributed by atoms with Crippen molar-refractivity contribution < 1.29 is 69.4 Å². The Bertz CT molecular complexity index is 354. The Hall–Kier alpha value is 0.0764. The van der Waals surface area contributed by atoms with Crippen molar-refractivity contribution >= 4 is 5.91 Å². The third kappa shape index (κ3) is 4.21. The zero-order chi connectivity index (χ0) is 10.8. The van der Waals surface area contributed by atoms with Crippen molar-refractivity contribution in [2.45, 2.75) is 6.18 Å². The largest absolute Gasteiger partial charge is 1.00 e. The first kappa shape index (κ1) is 15.1. The van der Waals surface area contributed by atoms with Gasteiger partial charge in [0.25, 0.3) is 0 Å². The SMILES string of the molecule is O=C(N[O-])c1cccc(C(F)(F)F)c1.[K+]. The Morgan fingerprint density at radius 3 is 2.40 bits per heavy atom. The Balaban J connectivity index is 0.00000196. The molecular formula is C8H5F3KNO2. The van der Waals surface area contributed by atoms with Gasteiger partial charge in [0.15, 0.2) is 0 Å². The van der Waals surface area contributed by atoms with Crippen molar-refractivity contribution in [2.24, 2.45) is 0 Å². The maximum Gasteiger partial charge on any atom is 1.00 e. The van der Waals surface area contributed by atoms with E-state index in [4.69, 9.17) is 0 Å². The van der Waals surface area contributed by atoms with E-state index < -0.39 is 17.6 Å². The molecule has 1 amide bonds. The van der Waals surface area contributed by atoms with Crippen LogP contribution in [0.15, 0.2) is 24.3 Å². The molecule has 7 heteroatoms. The summed E-state index contributed by atoms with van der Waals surface area (Å²) in [5.41, 5.74) is -0.266. The predicted octanol–water partition coefficient (Wildman–Crippen LogP) is -1.06. The molecular weight excluding hydrogens is 238 g/mol. The van der Waals surface area contributed by atoms with Crippen LogP contribution in [0.2, 0.25) is 0 Å². The summed E-state index contributed by atoms with van der Waals surface area (Å²) in [4.78, 5) is 10.7. The fourth-order valence-corrected chi connectivity index (χ4v) is 0.896. The second-order valence-corrected chi connectivity index (χ2v) is 2.51. The molecule has 0 fully saturated rings. The van der Waals surface area contributed by atoms with Crippen molar-refractivity contribution in [3.8, 4) is 0 Å². The van der Waals surface area contributed by atoms with Crippen molar-refractivity contribution in [3.63, 3.8) is 0 Å². The third-order valence-corrected chi connectivity index (χ3v) is 1.54. The Labute approximate surface area is 126 Å². The first-order chi connectivity index (χ1) is 6.45. The zero-order valence-electron chi connectivity index (χ0n) is 7.76. The predicted molar refractivity (Wildman–Crippen MR) is 42.3 cm³/mol. The summed E-state index contributed by atoms with van der Waals surface area (Å²) in [6.45, 7) is 0. The van der Waals surface area contributed by atoms with Crippen LogP contribution in [0.25, 0.3) is 0 Å². The van der Waals surface area contributed by atoms with Gasteiger partial charge in [-0.15, -0.1) is 0 Å². The van der Waals surface area contributed by atoms with Gasteiger partial charge in [0.05, 0.1) is 5.56 Å². The number of rotatable bonds is 1. The summed E-state index contributed by atoms with van der Waals surface area (Å²) in [5, 5.41) is 9.91. The zero-order valence-corrected chi connectivity index (χ0v) is 10.9. The number of amides is 1. The molecule has 0 aromatic heterocycles. The molecule has 15 heavy (non-hydrogen) atoms. The van der Waals surface area contributed by atoms with Crippen molar-refractivity contribution in [2.75, 3.05) is 0 Å². The van der Waals surface area contributed by atoms with Crippen LogP contribution in [0.3, 0.4) is 0 Å². The molecule has 0 unspecified atom stereocenters. The Morgan fingerprint density at radius 1 is 1.33 bits per heavy atom. The van der Waals surface area contributed by atoms with Crippen LogP contribution in [0.5, 0.6) is 0 Å². The van der Waals surface area contributed by atoms with Crippen molar-refractivity contribution in [1.82, 2.24) is 5.48 Å². The molecule has 76 valence electrons. The fraction of sp³-hybridized carbons (Fsp3) is 0.125. The number of nitrogens with one attached hydrogen (secondary N) is 1. The van der Waals surface area contributed by atoms with Gasteiger partial charge in [-0.1, -0.05) is 6.07 Å². The van der Waals surface area contributed by atoms with Crippen LogP contribution in [0.4, 0.5) is 13.2 Å². The topological polar surface area (TPSA) is 52.2 Å². The summed E-state index contributed by atoms with van der Waals surface area (Å²) >= 11 is 0. The number of hydroxylamine groups is 1. The maximum atomic E-state index is 12.1. The van der Waals surface area contributed by atoms with Crippen LogP contribution in [-0.2, 0) is 6.18 Å². The van der Waals surface area contributed by atoms with E-state index in [1.54, 1.807) is 0 Å². The Morgan fingerprint density at radius 2 is 1.93 bits per heavy atom. The standard InChI is InChI=1S/C8H5F3NO2.K/c9-8(10,11)6-3-1-2-5(4-6)7(13)12-14;/h1-4H,(H-,12,13,14);/q-1;+1. The number of hydrogen-bond donors (Lipinski definition) is 1. The molecule has 0 radical (unpaired) electrons. The molecule has 1 aromatic rings. The molecule has 0 aliphatic heterocycles. The van der Waals surface area contributed by atoms with Crippen LogP contribution < -0.4 is 56.9 Å². The summed E-state index contributed by atoms with van der Waals surface area (Å²) in [5.74, 6) is -1.09. The minimum atomic E-state index is -4.51. The van der Waals surface area contributed by atoms with E-state index in [2.05, 4.69) is 0 Å². The number of hydrogen-bond acceptors (Lipinski definition) is 2. The van der Waals surface area contributed by atoms with Crippen LogP contribution in [0, 0.1) is 5.21 Å². The van der Waals surface area contributed by atoms with Crippen LogP contribution in [0.1, 0.15) is 15.9 Å². The van der Waals surface area contributed by atoms with Crippen molar-refractivity contribution in [1.29, 1.82) is 0 Å². The molecule has 3 nitrogen and oxygen atoms in total. The molecule has 1 rings (SSSR count). The van der Waals surface area contributed by atoms with E-state index in [0.717, 1.165) is 23.7 Å². The summed E-state index contributed by atoms with van der Waals surface area (Å²) in [7, 11) is 0. The van der Waals surface area contributed by atoms with Gasteiger partial charge in [-0.25, -0.2) is 0 Å². The molecule has 0 saturated heterocycles. The number of alkyl halides is 3. The van der Waals surface area contributed by atoms with E-state index in [1.165, 1.54) is 0 Å². The first-order valence-electron chi connectivity index (χ1n) is 3.55. The minimum Gasteiger partial charge on any atom is -0.759 e. The van der Waals surface area contributed by atoms with Gasteiger partial charge in [-0.05, 0) is 18.2 Å². The normalized spacial score (nSPS) is 10.4. The summed E-state index contributed by atoms with van der Waals surface area (Å²) < 4.78 is 36.4. The van der Waals surface area contributed by atoms with Crippen LogP contribution >= 0.6 is 0 Å². The molecule has 1 aromatic carbocycles. The number of benzene rings is 1. The molecule has 0 bridgehead atoms. The quantitative estimate of drug-likeness (QED) is 0.505. The van der Waals surface area contributed by atoms with Gasteiger partial charge in [-0.3, -0.25) is 4.79 Å². The molecule has 1 N–H and O–H groups in total. The van der Waals surface area contributed by atoms with E-state index in [9.17, 15) is 23.2 Å². The third-order valence-electron chi connectivity index (χ3n) is 1.54. The average Bonchev–Trinajstić information content (AvgIpc) is 2.15. The number of carbonyl (C=O) groups is 1. The smallest absolute Gasteiger partial charge is 0.759 e. The van der Waals surface area contributed by atoms with E-state index >= 15 is 0 Å². The molecule has 0 aliphatic carbocycles. The van der Waals surface area contributed by atoms with Gasteiger partial charge < -0.3 is 10.7 Å². The van der Waals surface area contributed by atoms with Crippen LogP contribution in [-0.4, -0.2) is 5.91 Å². The molecule has 0 heterocycles. The van der Waals surface area contributed by atoms with Gasteiger partial charge in [0.1, 0.15) is 0 Å². The minimum absolute atomic E-state index is 0. The first-order valence-corrected chi connectivity index (χ1v) is 3.55. The maximum absolute atomic E-state index is 12.1. The van der Waals surface area contributed by atoms with Gasteiger partial charge in [0.2, 0.25) is 5.91 Å². The number of carbonyl (C=O) groups excluding carboxylic acids is 1. The molecule has 0 saturated carbocycles. The second kappa shape index (κ2) is 5.97. The molecule has 0 aliphatic rings.